The molecule has 98 valence electrons. The number of amides is 1. The van der Waals surface area contributed by atoms with Gasteiger partial charge in [0.1, 0.15) is 5.69 Å². The maximum absolute atomic E-state index is 11.9. The van der Waals surface area contributed by atoms with Gasteiger partial charge in [0.05, 0.1) is 0 Å². The fourth-order valence-corrected chi connectivity index (χ4v) is 2.02. The Hall–Kier alpha value is -2.43. The van der Waals surface area contributed by atoms with Gasteiger partial charge in [0.25, 0.3) is 5.91 Å². The third kappa shape index (κ3) is 2.27. The number of hydrogen-bond donors (Lipinski definition) is 1. The van der Waals surface area contributed by atoms with Crippen LogP contribution in [0.5, 0.6) is 11.5 Å². The fourth-order valence-electron chi connectivity index (χ4n) is 2.02. The van der Waals surface area contributed by atoms with Crippen LogP contribution in [0.2, 0.25) is 0 Å². The van der Waals surface area contributed by atoms with Crippen LogP contribution in [-0.2, 0) is 13.6 Å². The second-order valence-corrected chi connectivity index (χ2v) is 4.37. The molecule has 1 aromatic carbocycles. The summed E-state index contributed by atoms with van der Waals surface area (Å²) in [6.45, 7) is 0.717. The van der Waals surface area contributed by atoms with Gasteiger partial charge in [-0.3, -0.25) is 4.79 Å². The molecule has 5 nitrogen and oxygen atoms in total. The molecule has 0 saturated carbocycles. The Labute approximate surface area is 110 Å². The predicted molar refractivity (Wildman–Crippen MR) is 69.1 cm³/mol. The normalized spacial score (nSPS) is 12.5. The van der Waals surface area contributed by atoms with E-state index >= 15 is 0 Å². The van der Waals surface area contributed by atoms with Crippen molar-refractivity contribution in [2.24, 2.45) is 7.05 Å². The van der Waals surface area contributed by atoms with Crippen molar-refractivity contribution in [2.75, 3.05) is 6.79 Å². The zero-order chi connectivity index (χ0) is 13.2. The minimum absolute atomic E-state index is 0.0924. The predicted octanol–water partition coefficient (Wildman–Crippen LogP) is 1.68. The molecule has 2 heterocycles. The minimum Gasteiger partial charge on any atom is -0.454 e. The maximum Gasteiger partial charge on any atom is 0.268 e. The van der Waals surface area contributed by atoms with Crippen LogP contribution in [-0.4, -0.2) is 17.3 Å². The highest BCUT2D eigenvalue weighted by Crippen LogP contribution is 2.32. The van der Waals surface area contributed by atoms with Crippen molar-refractivity contribution in [3.63, 3.8) is 0 Å². The number of benzene rings is 1. The molecular formula is C14H14N2O3. The number of rotatable bonds is 3. The second kappa shape index (κ2) is 4.68. The molecule has 0 radical (unpaired) electrons. The van der Waals surface area contributed by atoms with Crippen LogP contribution in [0.4, 0.5) is 0 Å². The summed E-state index contributed by atoms with van der Waals surface area (Å²) in [5.74, 6) is 1.38. The number of nitrogens with zero attached hydrogens (tertiary/aromatic N) is 1. The number of aryl methyl sites for hydroxylation is 1. The van der Waals surface area contributed by atoms with Gasteiger partial charge in [-0.15, -0.1) is 0 Å². The molecule has 0 fully saturated rings. The molecule has 1 aliphatic heterocycles. The summed E-state index contributed by atoms with van der Waals surface area (Å²) in [6.07, 6.45) is 1.84. The summed E-state index contributed by atoms with van der Waals surface area (Å²) < 4.78 is 12.3. The number of hydrogen-bond acceptors (Lipinski definition) is 3. The van der Waals surface area contributed by atoms with Crippen molar-refractivity contribution in [1.29, 1.82) is 0 Å². The SMILES string of the molecule is Cn1cccc1C(=O)NCc1ccc2c(c1)OCO2. The molecular weight excluding hydrogens is 244 g/mol. The molecule has 1 aromatic heterocycles. The number of aromatic nitrogens is 1. The highest BCUT2D eigenvalue weighted by Gasteiger charge is 2.14. The van der Waals surface area contributed by atoms with Crippen molar-refractivity contribution >= 4 is 5.91 Å². The topological polar surface area (TPSA) is 52.5 Å². The number of ether oxygens (including phenoxy) is 2. The molecule has 0 saturated heterocycles. The number of fused-ring (bicyclic) bond motifs is 1. The summed E-state index contributed by atoms with van der Waals surface area (Å²) in [6, 6.07) is 9.28. The van der Waals surface area contributed by atoms with E-state index in [2.05, 4.69) is 5.32 Å². The Balaban J connectivity index is 1.66. The van der Waals surface area contributed by atoms with Gasteiger partial charge in [0.15, 0.2) is 11.5 Å². The number of nitrogens with one attached hydrogen (secondary N) is 1. The lowest BCUT2D eigenvalue weighted by atomic mass is 10.2. The molecule has 2 aromatic rings. The third-order valence-electron chi connectivity index (χ3n) is 3.07. The van der Waals surface area contributed by atoms with E-state index in [1.807, 2.05) is 37.5 Å². The highest BCUT2D eigenvalue weighted by molar-refractivity contribution is 5.92. The lowest BCUT2D eigenvalue weighted by Crippen LogP contribution is -2.24. The average Bonchev–Trinajstić information content (AvgIpc) is 3.03. The van der Waals surface area contributed by atoms with Crippen LogP contribution in [0, 0.1) is 0 Å². The van der Waals surface area contributed by atoms with Crippen LogP contribution in [0.3, 0.4) is 0 Å². The molecule has 0 spiro atoms. The van der Waals surface area contributed by atoms with Gasteiger partial charge in [0, 0.05) is 19.8 Å². The van der Waals surface area contributed by atoms with Gasteiger partial charge in [-0.05, 0) is 29.8 Å². The minimum atomic E-state index is -0.0924. The van der Waals surface area contributed by atoms with Crippen LogP contribution >= 0.6 is 0 Å². The first-order chi connectivity index (χ1) is 9.24. The van der Waals surface area contributed by atoms with Crippen molar-refractivity contribution < 1.29 is 14.3 Å². The first-order valence-corrected chi connectivity index (χ1v) is 6.02. The molecule has 3 rings (SSSR count). The Morgan fingerprint density at radius 3 is 2.95 bits per heavy atom. The zero-order valence-corrected chi connectivity index (χ0v) is 10.6. The summed E-state index contributed by atoms with van der Waals surface area (Å²) in [4.78, 5) is 11.9. The first kappa shape index (κ1) is 11.6. The highest BCUT2D eigenvalue weighted by atomic mass is 16.7. The van der Waals surface area contributed by atoms with Gasteiger partial charge in [-0.25, -0.2) is 0 Å². The Morgan fingerprint density at radius 2 is 2.16 bits per heavy atom. The summed E-state index contributed by atoms with van der Waals surface area (Å²) in [7, 11) is 1.84. The first-order valence-electron chi connectivity index (χ1n) is 6.02. The molecule has 0 aliphatic carbocycles. The summed E-state index contributed by atoms with van der Waals surface area (Å²) >= 11 is 0. The Bertz CT molecular complexity index is 619. The summed E-state index contributed by atoms with van der Waals surface area (Å²) in [5, 5.41) is 2.88. The van der Waals surface area contributed by atoms with E-state index in [-0.39, 0.29) is 12.7 Å². The van der Waals surface area contributed by atoms with Gasteiger partial charge >= 0.3 is 0 Å². The lowest BCUT2D eigenvalue weighted by Gasteiger charge is -2.07. The Kier molecular flexibility index (Phi) is 2.87. The van der Waals surface area contributed by atoms with Crippen LogP contribution in [0.25, 0.3) is 0 Å². The van der Waals surface area contributed by atoms with Gasteiger partial charge in [-0.2, -0.15) is 0 Å². The largest absolute Gasteiger partial charge is 0.454 e. The Morgan fingerprint density at radius 1 is 1.32 bits per heavy atom. The molecule has 0 atom stereocenters. The second-order valence-electron chi connectivity index (χ2n) is 4.37. The van der Waals surface area contributed by atoms with Gasteiger partial charge < -0.3 is 19.4 Å². The molecule has 1 N–H and O–H groups in total. The molecule has 1 amide bonds. The van der Waals surface area contributed by atoms with Crippen molar-refractivity contribution in [3.8, 4) is 11.5 Å². The number of carbonyl (C=O) groups excluding carboxylic acids is 1. The summed E-state index contributed by atoms with van der Waals surface area (Å²) in [5.41, 5.74) is 1.62. The zero-order valence-electron chi connectivity index (χ0n) is 10.6. The fraction of sp³-hybridized carbons (Fsp3) is 0.214. The van der Waals surface area contributed by atoms with E-state index in [4.69, 9.17) is 9.47 Å². The molecule has 0 unspecified atom stereocenters. The van der Waals surface area contributed by atoms with E-state index in [1.165, 1.54) is 0 Å². The van der Waals surface area contributed by atoms with Crippen LogP contribution in [0.1, 0.15) is 16.1 Å². The monoisotopic (exact) mass is 258 g/mol. The number of carbonyl (C=O) groups is 1. The lowest BCUT2D eigenvalue weighted by molar-refractivity contribution is 0.0942. The van der Waals surface area contributed by atoms with Crippen molar-refractivity contribution in [1.82, 2.24) is 9.88 Å². The quantitative estimate of drug-likeness (QED) is 0.911. The van der Waals surface area contributed by atoms with Crippen molar-refractivity contribution in [2.45, 2.75) is 6.54 Å². The van der Waals surface area contributed by atoms with Crippen LogP contribution < -0.4 is 14.8 Å². The smallest absolute Gasteiger partial charge is 0.268 e. The standard InChI is InChI=1S/C14H14N2O3/c1-16-6-2-3-11(16)14(17)15-8-10-4-5-12-13(7-10)19-9-18-12/h2-7H,8-9H2,1H3,(H,15,17). The maximum atomic E-state index is 11.9. The molecule has 5 heteroatoms. The van der Waals surface area contributed by atoms with Crippen molar-refractivity contribution in [3.05, 3.63) is 47.8 Å². The van der Waals surface area contributed by atoms with Gasteiger partial charge in [0.2, 0.25) is 6.79 Å². The van der Waals surface area contributed by atoms with E-state index in [1.54, 1.807) is 10.6 Å². The molecule has 19 heavy (non-hydrogen) atoms. The van der Waals surface area contributed by atoms with E-state index in [9.17, 15) is 4.79 Å². The molecule has 0 bridgehead atoms. The average molecular weight is 258 g/mol. The van der Waals surface area contributed by atoms with Crippen LogP contribution in [0.15, 0.2) is 36.5 Å². The third-order valence-corrected chi connectivity index (χ3v) is 3.07. The van der Waals surface area contributed by atoms with E-state index in [0.717, 1.165) is 17.1 Å². The van der Waals surface area contributed by atoms with Gasteiger partial charge in [-0.1, -0.05) is 6.07 Å². The van der Waals surface area contributed by atoms with E-state index in [0.29, 0.717) is 12.2 Å². The molecule has 1 aliphatic rings. The van der Waals surface area contributed by atoms with E-state index < -0.39 is 0 Å².